The summed E-state index contributed by atoms with van der Waals surface area (Å²) < 4.78 is 10.5. The van der Waals surface area contributed by atoms with Crippen molar-refractivity contribution in [2.45, 2.75) is 6.10 Å². The molecular weight excluding hydrogens is 182 g/mol. The Bertz CT molecular complexity index is 313. The second kappa shape index (κ2) is 3.79. The van der Waals surface area contributed by atoms with E-state index in [1.807, 2.05) is 25.1 Å². The minimum atomic E-state index is 0.118. The highest BCUT2D eigenvalue weighted by atomic mass is 16.6. The molecule has 0 bridgehead atoms. The molecule has 0 N–H and O–H groups in total. The summed E-state index contributed by atoms with van der Waals surface area (Å²) in [4.78, 5) is 10.2. The molecule has 0 radical (unpaired) electrons. The molecule has 0 unspecified atom stereocenters. The summed E-state index contributed by atoms with van der Waals surface area (Å²) in [6.07, 6.45) is 1.81. The Morgan fingerprint density at radius 3 is 2.86 bits per heavy atom. The van der Waals surface area contributed by atoms with Gasteiger partial charge in [0, 0.05) is 20.3 Å². The number of hydrogen-bond acceptors (Lipinski definition) is 5. The predicted molar refractivity (Wildman–Crippen MR) is 51.6 cm³/mol. The van der Waals surface area contributed by atoms with Crippen molar-refractivity contribution in [3.05, 3.63) is 12.3 Å². The standard InChI is InChI=1S/C9H13N3O2/c1-12(2)8-3-4-10-9(11-8)14-7-5-13-6-7/h3-4,7H,5-6H2,1-2H3. The van der Waals surface area contributed by atoms with Gasteiger partial charge in [0.1, 0.15) is 11.9 Å². The first kappa shape index (κ1) is 9.21. The summed E-state index contributed by atoms with van der Waals surface area (Å²) in [6, 6.07) is 2.26. The number of rotatable bonds is 3. The highest BCUT2D eigenvalue weighted by Crippen LogP contribution is 2.14. The van der Waals surface area contributed by atoms with E-state index in [2.05, 4.69) is 9.97 Å². The summed E-state index contributed by atoms with van der Waals surface area (Å²) in [5.74, 6) is 0.843. The van der Waals surface area contributed by atoms with Crippen LogP contribution in [0.5, 0.6) is 6.01 Å². The molecule has 1 saturated heterocycles. The van der Waals surface area contributed by atoms with Crippen molar-refractivity contribution < 1.29 is 9.47 Å². The summed E-state index contributed by atoms with van der Waals surface area (Å²) in [7, 11) is 3.86. The smallest absolute Gasteiger partial charge is 0.318 e. The monoisotopic (exact) mass is 195 g/mol. The molecule has 5 nitrogen and oxygen atoms in total. The Hall–Kier alpha value is -1.36. The van der Waals surface area contributed by atoms with Crippen LogP contribution in [0.3, 0.4) is 0 Å². The van der Waals surface area contributed by atoms with Crippen LogP contribution in [-0.2, 0) is 4.74 Å². The van der Waals surface area contributed by atoms with Crippen molar-refractivity contribution in [2.75, 3.05) is 32.2 Å². The zero-order valence-corrected chi connectivity index (χ0v) is 8.30. The van der Waals surface area contributed by atoms with Gasteiger partial charge in [-0.1, -0.05) is 0 Å². The van der Waals surface area contributed by atoms with Gasteiger partial charge in [-0.05, 0) is 6.07 Å². The largest absolute Gasteiger partial charge is 0.455 e. The van der Waals surface area contributed by atoms with Gasteiger partial charge in [0.15, 0.2) is 0 Å². The minimum Gasteiger partial charge on any atom is -0.455 e. The van der Waals surface area contributed by atoms with Crippen molar-refractivity contribution in [3.8, 4) is 6.01 Å². The topological polar surface area (TPSA) is 47.5 Å². The van der Waals surface area contributed by atoms with Gasteiger partial charge >= 0.3 is 6.01 Å². The van der Waals surface area contributed by atoms with Gasteiger partial charge < -0.3 is 14.4 Å². The molecular formula is C9H13N3O2. The second-order valence-corrected chi connectivity index (χ2v) is 3.37. The van der Waals surface area contributed by atoms with Crippen molar-refractivity contribution in [3.63, 3.8) is 0 Å². The van der Waals surface area contributed by atoms with Crippen LogP contribution in [0.2, 0.25) is 0 Å². The number of ether oxygens (including phenoxy) is 2. The van der Waals surface area contributed by atoms with Crippen molar-refractivity contribution in [2.24, 2.45) is 0 Å². The van der Waals surface area contributed by atoms with Crippen LogP contribution in [0.4, 0.5) is 5.82 Å². The number of anilines is 1. The molecule has 76 valence electrons. The molecule has 14 heavy (non-hydrogen) atoms. The van der Waals surface area contributed by atoms with E-state index in [0.717, 1.165) is 5.82 Å². The highest BCUT2D eigenvalue weighted by Gasteiger charge is 2.21. The van der Waals surface area contributed by atoms with Gasteiger partial charge in [0.25, 0.3) is 0 Å². The number of aromatic nitrogens is 2. The van der Waals surface area contributed by atoms with Crippen LogP contribution in [0.1, 0.15) is 0 Å². The normalized spacial score (nSPS) is 16.1. The Morgan fingerprint density at radius 2 is 2.29 bits per heavy atom. The van der Waals surface area contributed by atoms with E-state index >= 15 is 0 Å². The maximum Gasteiger partial charge on any atom is 0.318 e. The Labute approximate surface area is 82.7 Å². The van der Waals surface area contributed by atoms with Gasteiger partial charge in [0.05, 0.1) is 13.2 Å². The SMILES string of the molecule is CN(C)c1ccnc(OC2COC2)n1. The summed E-state index contributed by atoms with van der Waals surface area (Å²) >= 11 is 0. The molecule has 0 saturated carbocycles. The first-order chi connectivity index (χ1) is 6.75. The first-order valence-corrected chi connectivity index (χ1v) is 4.50. The molecule has 0 amide bonds. The van der Waals surface area contributed by atoms with E-state index < -0.39 is 0 Å². The summed E-state index contributed by atoms with van der Waals surface area (Å²) in [5, 5.41) is 0. The molecule has 1 aromatic heterocycles. The van der Waals surface area contributed by atoms with Gasteiger partial charge in [-0.25, -0.2) is 4.98 Å². The van der Waals surface area contributed by atoms with Crippen LogP contribution in [0.25, 0.3) is 0 Å². The Kier molecular flexibility index (Phi) is 2.49. The van der Waals surface area contributed by atoms with Crippen LogP contribution >= 0.6 is 0 Å². The van der Waals surface area contributed by atoms with Crippen LogP contribution in [0, 0.1) is 0 Å². The summed E-state index contributed by atoms with van der Waals surface area (Å²) in [5.41, 5.74) is 0. The lowest BCUT2D eigenvalue weighted by Crippen LogP contribution is -2.39. The van der Waals surface area contributed by atoms with Crippen LogP contribution in [0.15, 0.2) is 12.3 Å². The maximum atomic E-state index is 5.47. The Morgan fingerprint density at radius 1 is 1.50 bits per heavy atom. The zero-order chi connectivity index (χ0) is 9.97. The van der Waals surface area contributed by atoms with E-state index in [9.17, 15) is 0 Å². The highest BCUT2D eigenvalue weighted by molar-refractivity contribution is 5.35. The van der Waals surface area contributed by atoms with E-state index in [0.29, 0.717) is 19.2 Å². The molecule has 5 heteroatoms. The average Bonchev–Trinajstić information content (AvgIpc) is 2.12. The third-order valence-electron chi connectivity index (χ3n) is 1.96. The first-order valence-electron chi connectivity index (χ1n) is 4.50. The lowest BCUT2D eigenvalue weighted by molar-refractivity contribution is -0.0830. The molecule has 1 aliphatic rings. The molecule has 0 atom stereocenters. The van der Waals surface area contributed by atoms with E-state index in [1.165, 1.54) is 0 Å². The molecule has 1 aliphatic heterocycles. The van der Waals surface area contributed by atoms with E-state index in [1.54, 1.807) is 6.20 Å². The van der Waals surface area contributed by atoms with Crippen LogP contribution in [-0.4, -0.2) is 43.4 Å². The van der Waals surface area contributed by atoms with E-state index in [4.69, 9.17) is 9.47 Å². The van der Waals surface area contributed by atoms with Gasteiger partial charge in [-0.2, -0.15) is 4.98 Å². The number of hydrogen-bond donors (Lipinski definition) is 0. The quantitative estimate of drug-likeness (QED) is 0.695. The fraction of sp³-hybridized carbons (Fsp3) is 0.556. The molecule has 0 spiro atoms. The lowest BCUT2D eigenvalue weighted by atomic mass is 10.3. The number of nitrogens with zero attached hydrogens (tertiary/aromatic N) is 3. The molecule has 1 aromatic rings. The maximum absolute atomic E-state index is 5.47. The van der Waals surface area contributed by atoms with Crippen molar-refractivity contribution in [1.82, 2.24) is 9.97 Å². The average molecular weight is 195 g/mol. The Balaban J connectivity index is 2.05. The molecule has 2 rings (SSSR count). The fourth-order valence-corrected chi connectivity index (χ4v) is 1.07. The molecule has 2 heterocycles. The lowest BCUT2D eigenvalue weighted by Gasteiger charge is -2.25. The van der Waals surface area contributed by atoms with Gasteiger partial charge in [-0.3, -0.25) is 0 Å². The predicted octanol–water partition coefficient (Wildman–Crippen LogP) is 0.320. The molecule has 1 fully saturated rings. The molecule has 0 aromatic carbocycles. The van der Waals surface area contributed by atoms with E-state index in [-0.39, 0.29) is 6.10 Å². The summed E-state index contributed by atoms with van der Waals surface area (Å²) in [6.45, 7) is 1.27. The van der Waals surface area contributed by atoms with Crippen LogP contribution < -0.4 is 9.64 Å². The van der Waals surface area contributed by atoms with Gasteiger partial charge in [-0.15, -0.1) is 0 Å². The third-order valence-corrected chi connectivity index (χ3v) is 1.96. The molecule has 0 aliphatic carbocycles. The third kappa shape index (κ3) is 1.93. The van der Waals surface area contributed by atoms with Gasteiger partial charge in [0.2, 0.25) is 0 Å². The fourth-order valence-electron chi connectivity index (χ4n) is 1.07. The zero-order valence-electron chi connectivity index (χ0n) is 8.30. The van der Waals surface area contributed by atoms with Crippen molar-refractivity contribution >= 4 is 5.82 Å². The van der Waals surface area contributed by atoms with Crippen molar-refractivity contribution in [1.29, 1.82) is 0 Å². The second-order valence-electron chi connectivity index (χ2n) is 3.37. The minimum absolute atomic E-state index is 0.118.